The summed E-state index contributed by atoms with van der Waals surface area (Å²) in [6.45, 7) is 7.23. The van der Waals surface area contributed by atoms with Crippen molar-refractivity contribution in [3.63, 3.8) is 0 Å². The molecule has 0 spiro atoms. The molecule has 0 aliphatic carbocycles. The Morgan fingerprint density at radius 2 is 1.70 bits per heavy atom. The Kier molecular flexibility index (Phi) is 8.56. The summed E-state index contributed by atoms with van der Waals surface area (Å²) in [7, 11) is 0. The molecule has 2 atom stereocenters. The fraction of sp³-hybridized carbons (Fsp3) is 0.667. The van der Waals surface area contributed by atoms with E-state index in [9.17, 15) is 5.11 Å². The number of unbranched alkanes of at least 4 members (excludes halogenated alkanes) is 1. The van der Waals surface area contributed by atoms with E-state index < -0.39 is 0 Å². The Hall–Kier alpha value is -0.860. The monoisotopic (exact) mass is 277 g/mol. The lowest BCUT2D eigenvalue weighted by Gasteiger charge is -2.25. The van der Waals surface area contributed by atoms with Crippen molar-refractivity contribution < 1.29 is 5.11 Å². The van der Waals surface area contributed by atoms with Gasteiger partial charge in [-0.25, -0.2) is 0 Å². The number of benzene rings is 1. The van der Waals surface area contributed by atoms with Gasteiger partial charge in [0.15, 0.2) is 0 Å². The Morgan fingerprint density at radius 3 is 2.25 bits per heavy atom. The van der Waals surface area contributed by atoms with Gasteiger partial charge < -0.3 is 10.4 Å². The van der Waals surface area contributed by atoms with Crippen LogP contribution in [0.5, 0.6) is 0 Å². The van der Waals surface area contributed by atoms with Crippen LogP contribution in [-0.2, 0) is 0 Å². The van der Waals surface area contributed by atoms with Crippen LogP contribution in [0.4, 0.5) is 0 Å². The lowest BCUT2D eigenvalue weighted by molar-refractivity contribution is 0.0977. The second kappa shape index (κ2) is 9.95. The van der Waals surface area contributed by atoms with E-state index in [-0.39, 0.29) is 6.10 Å². The molecular formula is C18H31NO. The molecule has 1 aromatic rings. The Morgan fingerprint density at radius 1 is 1.05 bits per heavy atom. The van der Waals surface area contributed by atoms with Gasteiger partial charge in [0.1, 0.15) is 0 Å². The smallest absolute Gasteiger partial charge is 0.0692 e. The van der Waals surface area contributed by atoms with E-state index in [4.69, 9.17) is 0 Å². The van der Waals surface area contributed by atoms with Crippen LogP contribution in [0.1, 0.15) is 64.5 Å². The lowest BCUT2D eigenvalue weighted by Crippen LogP contribution is -2.34. The maximum Gasteiger partial charge on any atom is 0.0692 e. The summed E-state index contributed by atoms with van der Waals surface area (Å²) in [6.07, 6.45) is 5.41. The predicted octanol–water partition coefficient (Wildman–Crippen LogP) is 4.30. The fourth-order valence-electron chi connectivity index (χ4n) is 2.74. The van der Waals surface area contributed by atoms with Crippen molar-refractivity contribution in [3.05, 3.63) is 35.9 Å². The Labute approximate surface area is 124 Å². The minimum absolute atomic E-state index is 0.238. The molecule has 0 fully saturated rings. The zero-order chi connectivity index (χ0) is 14.8. The number of rotatable bonds is 10. The molecule has 2 heteroatoms. The average molecular weight is 277 g/mol. The molecule has 0 saturated carbocycles. The molecule has 0 radical (unpaired) electrons. The summed E-state index contributed by atoms with van der Waals surface area (Å²) in [5.41, 5.74) is 1.33. The molecule has 20 heavy (non-hydrogen) atoms. The Balaban J connectivity index is 2.57. The molecule has 2 N–H and O–H groups in total. The first-order chi connectivity index (χ1) is 9.72. The first-order valence-corrected chi connectivity index (χ1v) is 8.19. The Bertz CT molecular complexity index is 335. The second-order valence-electron chi connectivity index (χ2n) is 5.66. The van der Waals surface area contributed by atoms with Crippen LogP contribution < -0.4 is 5.32 Å². The minimum atomic E-state index is -0.238. The first-order valence-electron chi connectivity index (χ1n) is 8.19. The highest BCUT2D eigenvalue weighted by Gasteiger charge is 2.17. The van der Waals surface area contributed by atoms with E-state index in [1.54, 1.807) is 0 Å². The molecule has 1 aromatic carbocycles. The number of aliphatic hydroxyl groups excluding tert-OH is 1. The summed E-state index contributed by atoms with van der Waals surface area (Å²) in [5.74, 6) is 0.407. The number of nitrogens with one attached hydrogen (secondary N) is 1. The lowest BCUT2D eigenvalue weighted by atomic mass is 9.95. The van der Waals surface area contributed by atoms with Crippen molar-refractivity contribution in [1.29, 1.82) is 0 Å². The van der Waals surface area contributed by atoms with E-state index in [2.05, 4.69) is 56.4 Å². The standard InChI is InChI=1S/C18H31NO/c1-4-7-13-17(16-11-9-8-10-12-16)19-14-18(20)15(5-2)6-3/h8-12,15,17-20H,4-7,13-14H2,1-3H3. The van der Waals surface area contributed by atoms with Crippen LogP contribution in [-0.4, -0.2) is 17.8 Å². The highest BCUT2D eigenvalue weighted by Crippen LogP contribution is 2.20. The number of aliphatic hydroxyl groups is 1. The second-order valence-corrected chi connectivity index (χ2v) is 5.66. The number of hydrogen-bond donors (Lipinski definition) is 2. The van der Waals surface area contributed by atoms with Gasteiger partial charge in [-0.1, -0.05) is 76.8 Å². The molecule has 2 unspecified atom stereocenters. The van der Waals surface area contributed by atoms with E-state index in [0.717, 1.165) is 19.3 Å². The molecule has 0 bridgehead atoms. The summed E-state index contributed by atoms with van der Waals surface area (Å²) in [5, 5.41) is 13.8. The van der Waals surface area contributed by atoms with Crippen LogP contribution in [0.3, 0.4) is 0 Å². The van der Waals surface area contributed by atoms with Gasteiger partial charge in [0.05, 0.1) is 6.10 Å². The van der Waals surface area contributed by atoms with Gasteiger partial charge >= 0.3 is 0 Å². The van der Waals surface area contributed by atoms with Crippen molar-refractivity contribution in [3.8, 4) is 0 Å². The van der Waals surface area contributed by atoms with Gasteiger partial charge in [0, 0.05) is 12.6 Å². The molecule has 0 aliphatic rings. The zero-order valence-electron chi connectivity index (χ0n) is 13.3. The van der Waals surface area contributed by atoms with Crippen molar-refractivity contribution in [2.45, 2.75) is 65.0 Å². The molecule has 1 rings (SSSR count). The maximum atomic E-state index is 10.3. The fourth-order valence-corrected chi connectivity index (χ4v) is 2.74. The van der Waals surface area contributed by atoms with Crippen LogP contribution in [0.25, 0.3) is 0 Å². The molecule has 0 heterocycles. The third-order valence-electron chi connectivity index (χ3n) is 4.21. The van der Waals surface area contributed by atoms with Gasteiger partial charge in [0.2, 0.25) is 0 Å². The minimum Gasteiger partial charge on any atom is -0.392 e. The third-order valence-corrected chi connectivity index (χ3v) is 4.21. The van der Waals surface area contributed by atoms with Gasteiger partial charge in [-0.2, -0.15) is 0 Å². The predicted molar refractivity (Wildman–Crippen MR) is 86.8 cm³/mol. The third kappa shape index (κ3) is 5.64. The van der Waals surface area contributed by atoms with E-state index in [1.807, 2.05) is 0 Å². The van der Waals surface area contributed by atoms with Crippen molar-refractivity contribution in [1.82, 2.24) is 5.32 Å². The maximum absolute atomic E-state index is 10.3. The number of hydrogen-bond acceptors (Lipinski definition) is 2. The van der Waals surface area contributed by atoms with E-state index >= 15 is 0 Å². The molecule has 114 valence electrons. The topological polar surface area (TPSA) is 32.3 Å². The van der Waals surface area contributed by atoms with Gasteiger partial charge in [-0.3, -0.25) is 0 Å². The van der Waals surface area contributed by atoms with E-state index in [0.29, 0.717) is 18.5 Å². The molecule has 0 aromatic heterocycles. The van der Waals surface area contributed by atoms with E-state index in [1.165, 1.54) is 18.4 Å². The highest BCUT2D eigenvalue weighted by atomic mass is 16.3. The normalized spacial score (nSPS) is 14.4. The average Bonchev–Trinajstić information content (AvgIpc) is 2.49. The molecular weight excluding hydrogens is 246 g/mol. The highest BCUT2D eigenvalue weighted by molar-refractivity contribution is 5.18. The van der Waals surface area contributed by atoms with Gasteiger partial charge in [-0.05, 0) is 17.9 Å². The van der Waals surface area contributed by atoms with Crippen LogP contribution in [0, 0.1) is 5.92 Å². The summed E-state index contributed by atoms with van der Waals surface area (Å²) in [4.78, 5) is 0. The molecule has 0 saturated heterocycles. The van der Waals surface area contributed by atoms with Crippen LogP contribution in [0.15, 0.2) is 30.3 Å². The van der Waals surface area contributed by atoms with Gasteiger partial charge in [0.25, 0.3) is 0 Å². The van der Waals surface area contributed by atoms with Crippen LogP contribution in [0.2, 0.25) is 0 Å². The zero-order valence-corrected chi connectivity index (χ0v) is 13.3. The van der Waals surface area contributed by atoms with Crippen molar-refractivity contribution in [2.75, 3.05) is 6.54 Å². The quantitative estimate of drug-likeness (QED) is 0.668. The van der Waals surface area contributed by atoms with Crippen LogP contribution >= 0.6 is 0 Å². The molecule has 0 amide bonds. The summed E-state index contributed by atoms with van der Waals surface area (Å²) < 4.78 is 0. The van der Waals surface area contributed by atoms with Crippen molar-refractivity contribution in [2.24, 2.45) is 5.92 Å². The largest absolute Gasteiger partial charge is 0.392 e. The SMILES string of the molecule is CCCCC(NCC(O)C(CC)CC)c1ccccc1. The van der Waals surface area contributed by atoms with Crippen molar-refractivity contribution >= 4 is 0 Å². The summed E-state index contributed by atoms with van der Waals surface area (Å²) >= 11 is 0. The molecule has 2 nitrogen and oxygen atoms in total. The first kappa shape index (κ1) is 17.2. The van der Waals surface area contributed by atoms with Gasteiger partial charge in [-0.15, -0.1) is 0 Å². The summed E-state index contributed by atoms with van der Waals surface area (Å²) in [6, 6.07) is 11.0. The molecule has 0 aliphatic heterocycles.